The molecule has 0 bridgehead atoms. The molecular weight excluding hydrogens is 426 g/mol. The molecule has 0 saturated heterocycles. The highest BCUT2D eigenvalue weighted by Crippen LogP contribution is 2.36. The number of carbonyl (C=O) groups is 2. The van der Waals surface area contributed by atoms with Crippen molar-refractivity contribution < 1.29 is 24.5 Å². The molecule has 4 rings (SSSR count). The molecule has 174 valence electrons. The Morgan fingerprint density at radius 2 is 1.76 bits per heavy atom. The number of ether oxygens (including phenoxy) is 1. The van der Waals surface area contributed by atoms with Gasteiger partial charge >= 0.3 is 0 Å². The van der Waals surface area contributed by atoms with E-state index in [1.54, 1.807) is 36.1 Å². The highest BCUT2D eigenvalue weighted by Gasteiger charge is 2.35. The molecule has 0 unspecified atom stereocenters. The smallest absolute Gasteiger partial charge is 0.300 e. The molecule has 2 aromatic carbocycles. The third kappa shape index (κ3) is 5.54. The number of carbonyl (C=O) groups excluding carboxylic acids is 1. The second-order valence-corrected chi connectivity index (χ2v) is 7.74. The van der Waals surface area contributed by atoms with Crippen LogP contribution in [0.3, 0.4) is 0 Å². The number of aliphatic hydroxyl groups excluding tert-OH is 1. The van der Waals surface area contributed by atoms with E-state index in [2.05, 4.69) is 0 Å². The van der Waals surface area contributed by atoms with Crippen LogP contribution >= 0.6 is 0 Å². The first kappa shape index (κ1) is 23.9. The summed E-state index contributed by atoms with van der Waals surface area (Å²) in [6.45, 7) is 1.08. The van der Waals surface area contributed by atoms with Crippen LogP contribution in [0.15, 0.2) is 48.5 Å². The number of aromatic nitrogens is 3. The third-order valence-electron chi connectivity index (χ3n) is 5.32. The van der Waals surface area contributed by atoms with Crippen molar-refractivity contribution in [2.45, 2.75) is 37.8 Å². The molecule has 3 atom stereocenters. The molecular formula is C23H27N5O5. The van der Waals surface area contributed by atoms with E-state index in [-0.39, 0.29) is 12.0 Å². The molecule has 1 aliphatic carbocycles. The third-order valence-corrected chi connectivity index (χ3v) is 5.32. The molecule has 1 amide bonds. The highest BCUT2D eigenvalue weighted by molar-refractivity contribution is 5.93. The maximum absolute atomic E-state index is 11.3. The van der Waals surface area contributed by atoms with Gasteiger partial charge < -0.3 is 26.4 Å². The minimum atomic E-state index is -0.833. The normalized spacial score (nSPS) is 19.5. The van der Waals surface area contributed by atoms with Gasteiger partial charge in [0.2, 0.25) is 5.91 Å². The second kappa shape index (κ2) is 10.2. The Morgan fingerprint density at radius 3 is 2.30 bits per heavy atom. The van der Waals surface area contributed by atoms with Gasteiger partial charge in [0.05, 0.1) is 13.2 Å². The van der Waals surface area contributed by atoms with Crippen molar-refractivity contribution in [2.24, 2.45) is 11.5 Å². The number of nitrogens with two attached hydrogens (primary N) is 2. The average molecular weight is 453 g/mol. The van der Waals surface area contributed by atoms with Crippen molar-refractivity contribution >= 4 is 11.9 Å². The maximum Gasteiger partial charge on any atom is 0.300 e. The van der Waals surface area contributed by atoms with E-state index in [0.29, 0.717) is 30.0 Å². The summed E-state index contributed by atoms with van der Waals surface area (Å²) in [4.78, 5) is 25.1. The van der Waals surface area contributed by atoms with E-state index in [1.165, 1.54) is 0 Å². The topological polar surface area (TPSA) is 167 Å². The molecule has 0 radical (unpaired) electrons. The van der Waals surface area contributed by atoms with Crippen LogP contribution in [0.4, 0.5) is 0 Å². The summed E-state index contributed by atoms with van der Waals surface area (Å²) in [6.07, 6.45) is 0.575. The minimum absolute atomic E-state index is 0.0314. The van der Waals surface area contributed by atoms with E-state index in [1.807, 2.05) is 24.3 Å². The number of para-hydroxylation sites is 2. The molecule has 1 aliphatic rings. The summed E-state index contributed by atoms with van der Waals surface area (Å²) in [7, 11) is 1.61. The number of hydrogen-bond donors (Lipinski definition) is 4. The summed E-state index contributed by atoms with van der Waals surface area (Å²) in [6, 6.07) is 14.1. The molecule has 10 heteroatoms. The van der Waals surface area contributed by atoms with Crippen molar-refractivity contribution in [3.63, 3.8) is 0 Å². The van der Waals surface area contributed by atoms with Gasteiger partial charge in [0.25, 0.3) is 5.97 Å². The number of aliphatic carboxylic acids is 1. The molecule has 10 nitrogen and oxygen atoms in total. The van der Waals surface area contributed by atoms with Crippen molar-refractivity contribution in [1.29, 1.82) is 0 Å². The van der Waals surface area contributed by atoms with E-state index in [9.17, 15) is 9.90 Å². The van der Waals surface area contributed by atoms with E-state index < -0.39 is 18.0 Å². The van der Waals surface area contributed by atoms with E-state index in [4.69, 9.17) is 36.2 Å². The number of hydrogen-bond acceptors (Lipinski definition) is 7. The number of aliphatic hydroxyl groups is 1. The van der Waals surface area contributed by atoms with Crippen LogP contribution in [-0.4, -0.2) is 56.1 Å². The van der Waals surface area contributed by atoms with Gasteiger partial charge in [-0.15, -0.1) is 5.10 Å². The Morgan fingerprint density at radius 1 is 1.12 bits per heavy atom. The Labute approximate surface area is 190 Å². The molecule has 3 aromatic rings. The van der Waals surface area contributed by atoms with Crippen molar-refractivity contribution in [3.05, 3.63) is 59.9 Å². The number of methoxy groups -OCH3 is 1. The lowest BCUT2D eigenvalue weighted by Gasteiger charge is -2.13. The Balaban J connectivity index is 0.000000709. The van der Waals surface area contributed by atoms with Gasteiger partial charge in [-0.1, -0.05) is 24.3 Å². The number of nitrogens with zero attached hydrogens (tertiary/aromatic N) is 3. The van der Waals surface area contributed by atoms with Gasteiger partial charge in [-0.3, -0.25) is 9.59 Å². The second-order valence-electron chi connectivity index (χ2n) is 7.74. The van der Waals surface area contributed by atoms with Gasteiger partial charge in [-0.25, -0.2) is 9.67 Å². The summed E-state index contributed by atoms with van der Waals surface area (Å²) >= 11 is 0. The zero-order chi connectivity index (χ0) is 24.1. The van der Waals surface area contributed by atoms with E-state index in [0.717, 1.165) is 24.0 Å². The Kier molecular flexibility index (Phi) is 7.41. The van der Waals surface area contributed by atoms with Crippen LogP contribution in [0.25, 0.3) is 17.1 Å². The molecule has 1 saturated carbocycles. The fraction of sp³-hybridized carbons (Fsp3) is 0.304. The first-order chi connectivity index (χ1) is 15.7. The lowest BCUT2D eigenvalue weighted by atomic mass is 10.1. The first-order valence-corrected chi connectivity index (χ1v) is 10.3. The summed E-state index contributed by atoms with van der Waals surface area (Å²) < 4.78 is 7.26. The largest absolute Gasteiger partial charge is 0.494 e. The van der Waals surface area contributed by atoms with Crippen LogP contribution in [0.5, 0.6) is 5.75 Å². The summed E-state index contributed by atoms with van der Waals surface area (Å²) in [5.41, 5.74) is 13.3. The minimum Gasteiger partial charge on any atom is -0.494 e. The Bertz CT molecular complexity index is 1110. The van der Waals surface area contributed by atoms with E-state index >= 15 is 0 Å². The number of primary amides is 1. The van der Waals surface area contributed by atoms with Crippen molar-refractivity contribution in [2.75, 3.05) is 7.11 Å². The quantitative estimate of drug-likeness (QED) is 0.453. The van der Waals surface area contributed by atoms with Crippen LogP contribution < -0.4 is 16.2 Å². The van der Waals surface area contributed by atoms with Crippen LogP contribution in [0, 0.1) is 0 Å². The lowest BCUT2D eigenvalue weighted by Crippen LogP contribution is -2.28. The number of carboxylic acid groups (broad SMARTS) is 1. The summed E-state index contributed by atoms with van der Waals surface area (Å²) in [5, 5.41) is 22.3. The molecule has 1 aromatic heterocycles. The van der Waals surface area contributed by atoms with Crippen molar-refractivity contribution in [3.8, 4) is 22.8 Å². The molecule has 6 N–H and O–H groups in total. The van der Waals surface area contributed by atoms with Crippen LogP contribution in [0.2, 0.25) is 0 Å². The fourth-order valence-electron chi connectivity index (χ4n) is 3.74. The van der Waals surface area contributed by atoms with Gasteiger partial charge in [-0.2, -0.15) is 0 Å². The molecule has 33 heavy (non-hydrogen) atoms. The fourth-order valence-corrected chi connectivity index (χ4v) is 3.74. The standard InChI is InChI=1S/C21H23N5O3.C2H4O2/c1-29-18-5-3-2-4-16(18)26-21(14-10-15(22)17(27)11-14)24-20(25-26)13-8-6-12(7-9-13)19(23)28;1-2(3)4/h2-9,14-15,17,27H,10-11,22H2,1H3,(H2,23,28);1H3,(H,3,4)/t14-,15+,17+;/m0./s1. The molecule has 0 aliphatic heterocycles. The predicted octanol–water partition coefficient (Wildman–Crippen LogP) is 1.70. The monoisotopic (exact) mass is 453 g/mol. The zero-order valence-corrected chi connectivity index (χ0v) is 18.4. The van der Waals surface area contributed by atoms with Gasteiger partial charge in [0.15, 0.2) is 5.82 Å². The van der Waals surface area contributed by atoms with Gasteiger partial charge in [0.1, 0.15) is 17.3 Å². The van der Waals surface area contributed by atoms with Crippen LogP contribution in [0.1, 0.15) is 41.9 Å². The molecule has 1 heterocycles. The Hall–Kier alpha value is -3.76. The number of rotatable bonds is 5. The van der Waals surface area contributed by atoms with Crippen LogP contribution in [-0.2, 0) is 4.79 Å². The molecule has 0 spiro atoms. The van der Waals surface area contributed by atoms with Gasteiger partial charge in [0, 0.05) is 30.0 Å². The zero-order valence-electron chi connectivity index (χ0n) is 18.4. The maximum atomic E-state index is 11.3. The predicted molar refractivity (Wildman–Crippen MR) is 121 cm³/mol. The lowest BCUT2D eigenvalue weighted by molar-refractivity contribution is -0.134. The SMILES string of the molecule is CC(=O)O.COc1ccccc1-n1nc(-c2ccc(C(N)=O)cc2)nc1[C@H]1C[C@@H](N)[C@H](O)C1. The number of carboxylic acids is 1. The highest BCUT2D eigenvalue weighted by atomic mass is 16.5. The number of benzene rings is 2. The van der Waals surface area contributed by atoms with Crippen molar-refractivity contribution in [1.82, 2.24) is 14.8 Å². The summed E-state index contributed by atoms with van der Waals surface area (Å²) in [5.74, 6) is 0.541. The molecule has 1 fully saturated rings. The average Bonchev–Trinajstić information content (AvgIpc) is 3.37. The number of amides is 1. The van der Waals surface area contributed by atoms with Gasteiger partial charge in [-0.05, 0) is 37.1 Å². The first-order valence-electron chi connectivity index (χ1n) is 10.3.